The molecule has 116 valence electrons. The first-order chi connectivity index (χ1) is 10.1. The summed E-state index contributed by atoms with van der Waals surface area (Å²) in [6.45, 7) is -2.72. The highest BCUT2D eigenvalue weighted by atomic mass is 19.3. The van der Waals surface area contributed by atoms with Gasteiger partial charge in [0.2, 0.25) is 5.91 Å². The first kappa shape index (κ1) is 15.7. The third-order valence-electron chi connectivity index (χ3n) is 3.80. The molecular formula is C15H20F2N2O2. The normalized spacial score (nSPS) is 22.1. The monoisotopic (exact) mass is 298 g/mol. The molecular weight excluding hydrogens is 278 g/mol. The number of para-hydroxylation sites is 1. The van der Waals surface area contributed by atoms with Gasteiger partial charge in [0.15, 0.2) is 0 Å². The van der Waals surface area contributed by atoms with Crippen LogP contribution in [0.2, 0.25) is 0 Å². The van der Waals surface area contributed by atoms with Gasteiger partial charge in [-0.25, -0.2) is 0 Å². The van der Waals surface area contributed by atoms with Gasteiger partial charge < -0.3 is 15.8 Å². The van der Waals surface area contributed by atoms with Crippen LogP contribution >= 0.6 is 0 Å². The van der Waals surface area contributed by atoms with E-state index in [-0.39, 0.29) is 30.2 Å². The first-order valence-corrected chi connectivity index (χ1v) is 7.14. The van der Waals surface area contributed by atoms with Crippen molar-refractivity contribution in [2.24, 2.45) is 11.7 Å². The number of hydrogen-bond donors (Lipinski definition) is 2. The Kier molecular flexibility index (Phi) is 5.50. The zero-order chi connectivity index (χ0) is 15.2. The minimum Gasteiger partial charge on any atom is -0.434 e. The summed E-state index contributed by atoms with van der Waals surface area (Å²) in [5, 5.41) is 2.77. The SMILES string of the molecule is NC1CCCCC1C(=O)NCc1ccccc1OC(F)F. The van der Waals surface area contributed by atoms with Gasteiger partial charge in [-0.2, -0.15) is 8.78 Å². The lowest BCUT2D eigenvalue weighted by Gasteiger charge is -2.27. The average Bonchev–Trinajstić information content (AvgIpc) is 2.46. The second-order valence-electron chi connectivity index (χ2n) is 5.26. The van der Waals surface area contributed by atoms with Crippen molar-refractivity contribution < 1.29 is 18.3 Å². The molecule has 1 amide bonds. The number of halogens is 2. The highest BCUT2D eigenvalue weighted by Gasteiger charge is 2.28. The van der Waals surface area contributed by atoms with Crippen molar-refractivity contribution in [3.05, 3.63) is 29.8 Å². The van der Waals surface area contributed by atoms with E-state index < -0.39 is 6.61 Å². The van der Waals surface area contributed by atoms with E-state index in [0.29, 0.717) is 5.56 Å². The Hall–Kier alpha value is -1.69. The molecule has 1 aromatic rings. The molecule has 21 heavy (non-hydrogen) atoms. The predicted molar refractivity (Wildman–Crippen MR) is 74.9 cm³/mol. The Morgan fingerprint density at radius 1 is 1.33 bits per heavy atom. The van der Waals surface area contributed by atoms with Crippen LogP contribution in [0.3, 0.4) is 0 Å². The maximum atomic E-state index is 12.3. The third kappa shape index (κ3) is 4.39. The van der Waals surface area contributed by atoms with E-state index >= 15 is 0 Å². The van der Waals surface area contributed by atoms with Gasteiger partial charge in [0, 0.05) is 18.2 Å². The Bertz CT molecular complexity index is 482. The van der Waals surface area contributed by atoms with E-state index in [1.54, 1.807) is 18.2 Å². The largest absolute Gasteiger partial charge is 0.434 e. The highest BCUT2D eigenvalue weighted by molar-refractivity contribution is 5.79. The molecule has 6 heteroatoms. The van der Waals surface area contributed by atoms with E-state index in [1.165, 1.54) is 6.07 Å². The van der Waals surface area contributed by atoms with Crippen molar-refractivity contribution in [2.45, 2.75) is 44.9 Å². The van der Waals surface area contributed by atoms with Gasteiger partial charge >= 0.3 is 6.61 Å². The fourth-order valence-corrected chi connectivity index (χ4v) is 2.66. The van der Waals surface area contributed by atoms with Crippen LogP contribution in [0.1, 0.15) is 31.2 Å². The van der Waals surface area contributed by atoms with Crippen LogP contribution < -0.4 is 15.8 Å². The van der Waals surface area contributed by atoms with Crippen molar-refractivity contribution in [3.63, 3.8) is 0 Å². The molecule has 0 bridgehead atoms. The van der Waals surface area contributed by atoms with Gasteiger partial charge in [-0.1, -0.05) is 31.0 Å². The van der Waals surface area contributed by atoms with Crippen LogP contribution in [0.4, 0.5) is 8.78 Å². The Labute approximate surface area is 122 Å². The average molecular weight is 298 g/mol. The van der Waals surface area contributed by atoms with E-state index in [1.807, 2.05) is 0 Å². The summed E-state index contributed by atoms with van der Waals surface area (Å²) in [6, 6.07) is 6.32. The van der Waals surface area contributed by atoms with Crippen LogP contribution in [0, 0.1) is 5.92 Å². The second-order valence-corrected chi connectivity index (χ2v) is 5.26. The van der Waals surface area contributed by atoms with E-state index in [9.17, 15) is 13.6 Å². The molecule has 4 nitrogen and oxygen atoms in total. The van der Waals surface area contributed by atoms with Gasteiger partial charge in [0.25, 0.3) is 0 Å². The molecule has 2 unspecified atom stereocenters. The fourth-order valence-electron chi connectivity index (χ4n) is 2.66. The number of amides is 1. The maximum Gasteiger partial charge on any atom is 0.387 e. The van der Waals surface area contributed by atoms with Crippen LogP contribution in [-0.2, 0) is 11.3 Å². The lowest BCUT2D eigenvalue weighted by molar-refractivity contribution is -0.126. The van der Waals surface area contributed by atoms with Crippen molar-refractivity contribution in [1.82, 2.24) is 5.32 Å². The van der Waals surface area contributed by atoms with E-state index in [4.69, 9.17) is 5.73 Å². The van der Waals surface area contributed by atoms with Crippen molar-refractivity contribution >= 4 is 5.91 Å². The minimum atomic E-state index is -2.88. The molecule has 1 saturated carbocycles. The van der Waals surface area contributed by atoms with Crippen molar-refractivity contribution in [1.29, 1.82) is 0 Å². The zero-order valence-corrected chi connectivity index (χ0v) is 11.7. The number of benzene rings is 1. The molecule has 1 aliphatic carbocycles. The molecule has 0 saturated heterocycles. The van der Waals surface area contributed by atoms with Gasteiger partial charge in [-0.05, 0) is 18.9 Å². The molecule has 1 fully saturated rings. The van der Waals surface area contributed by atoms with Crippen LogP contribution in [-0.4, -0.2) is 18.6 Å². The van der Waals surface area contributed by atoms with Crippen molar-refractivity contribution in [2.75, 3.05) is 0 Å². The maximum absolute atomic E-state index is 12.3. The number of ether oxygens (including phenoxy) is 1. The number of alkyl halides is 2. The summed E-state index contributed by atoms with van der Waals surface area (Å²) < 4.78 is 29.1. The summed E-state index contributed by atoms with van der Waals surface area (Å²) >= 11 is 0. The van der Waals surface area contributed by atoms with Crippen LogP contribution in [0.5, 0.6) is 5.75 Å². The second kappa shape index (κ2) is 7.36. The van der Waals surface area contributed by atoms with Crippen molar-refractivity contribution in [3.8, 4) is 5.75 Å². The van der Waals surface area contributed by atoms with Gasteiger partial charge in [0.05, 0.1) is 5.92 Å². The molecule has 1 aliphatic rings. The van der Waals surface area contributed by atoms with Crippen LogP contribution in [0.15, 0.2) is 24.3 Å². The summed E-state index contributed by atoms with van der Waals surface area (Å²) in [5.74, 6) is -0.225. The van der Waals surface area contributed by atoms with Gasteiger partial charge in [-0.15, -0.1) is 0 Å². The van der Waals surface area contributed by atoms with E-state index in [0.717, 1.165) is 25.7 Å². The summed E-state index contributed by atoms with van der Waals surface area (Å²) in [7, 11) is 0. The zero-order valence-electron chi connectivity index (χ0n) is 11.7. The molecule has 0 heterocycles. The number of nitrogens with one attached hydrogen (secondary N) is 1. The Morgan fingerprint density at radius 3 is 2.76 bits per heavy atom. The number of rotatable bonds is 5. The van der Waals surface area contributed by atoms with Gasteiger partial charge in [-0.3, -0.25) is 4.79 Å². The standard InChI is InChI=1S/C15H20F2N2O2/c16-15(17)21-13-8-4-1-5-10(13)9-19-14(20)11-6-2-3-7-12(11)18/h1,4-5,8,11-12,15H,2-3,6-7,9,18H2,(H,19,20). The molecule has 0 aliphatic heterocycles. The summed E-state index contributed by atoms with van der Waals surface area (Å²) in [4.78, 5) is 12.1. The number of carbonyl (C=O) groups is 1. The molecule has 0 aromatic heterocycles. The summed E-state index contributed by atoms with van der Waals surface area (Å²) in [6.07, 6.45) is 3.68. The molecule has 0 spiro atoms. The molecule has 0 radical (unpaired) electrons. The molecule has 1 aromatic carbocycles. The smallest absolute Gasteiger partial charge is 0.387 e. The predicted octanol–water partition coefficient (Wildman–Crippen LogP) is 2.42. The quantitative estimate of drug-likeness (QED) is 0.877. The lowest BCUT2D eigenvalue weighted by Crippen LogP contribution is -2.43. The number of carbonyl (C=O) groups excluding carboxylic acids is 1. The topological polar surface area (TPSA) is 64.4 Å². The fraction of sp³-hybridized carbons (Fsp3) is 0.533. The first-order valence-electron chi connectivity index (χ1n) is 7.14. The third-order valence-corrected chi connectivity index (χ3v) is 3.80. The lowest BCUT2D eigenvalue weighted by atomic mass is 9.84. The van der Waals surface area contributed by atoms with Gasteiger partial charge in [0.1, 0.15) is 5.75 Å². The molecule has 3 N–H and O–H groups in total. The molecule has 2 atom stereocenters. The van der Waals surface area contributed by atoms with Crippen LogP contribution in [0.25, 0.3) is 0 Å². The Balaban J connectivity index is 1.94. The number of hydrogen-bond acceptors (Lipinski definition) is 3. The Morgan fingerprint density at radius 2 is 2.05 bits per heavy atom. The summed E-state index contributed by atoms with van der Waals surface area (Å²) in [5.41, 5.74) is 6.48. The highest BCUT2D eigenvalue weighted by Crippen LogP contribution is 2.24. The minimum absolute atomic E-state index is 0.0840. The van der Waals surface area contributed by atoms with E-state index in [2.05, 4.69) is 10.1 Å². The molecule has 2 rings (SSSR count). The number of nitrogens with two attached hydrogens (primary N) is 1.